The highest BCUT2D eigenvalue weighted by atomic mass is 32.2. The molecule has 5 nitrogen and oxygen atoms in total. The number of benzene rings is 1. The van der Waals surface area contributed by atoms with Crippen LogP contribution in [0.3, 0.4) is 0 Å². The van der Waals surface area contributed by atoms with Crippen molar-refractivity contribution in [2.45, 2.75) is 40.9 Å². The molecule has 1 aliphatic rings. The Kier molecular flexibility index (Phi) is 6.55. The van der Waals surface area contributed by atoms with Gasteiger partial charge in [-0.25, -0.2) is 0 Å². The summed E-state index contributed by atoms with van der Waals surface area (Å²) in [5, 5.41) is 23.6. The lowest BCUT2D eigenvalue weighted by Gasteiger charge is -2.35. The minimum atomic E-state index is -0.252. The largest absolute Gasteiger partial charge is 0.411 e. The zero-order chi connectivity index (χ0) is 19.3. The van der Waals surface area contributed by atoms with Crippen molar-refractivity contribution < 1.29 is 14.7 Å². The van der Waals surface area contributed by atoms with Gasteiger partial charge in [-0.1, -0.05) is 23.0 Å². The fourth-order valence-corrected chi connectivity index (χ4v) is 5.41. The Morgan fingerprint density at radius 2 is 2.19 bits per heavy atom. The van der Waals surface area contributed by atoms with Gasteiger partial charge in [0.2, 0.25) is 0 Å². The number of methoxy groups -OCH3 is 1. The van der Waals surface area contributed by atoms with Crippen molar-refractivity contribution in [3.05, 3.63) is 46.3 Å². The maximum atomic E-state index is 9.10. The smallest absolute Gasteiger partial charge is 0.0979 e. The molecular formula is C20H22N2O3S2. The molecule has 1 aromatic carbocycles. The van der Waals surface area contributed by atoms with Crippen LogP contribution in [0.15, 0.2) is 43.9 Å². The fourth-order valence-electron chi connectivity index (χ4n) is 3.31. The first-order valence-corrected chi connectivity index (χ1v) is 10.4. The molecule has 7 heteroatoms. The summed E-state index contributed by atoms with van der Waals surface area (Å²) in [6, 6.07) is 10.3. The SMILES string of the molecule is COC1(c2csc(Sc3ccc(/C(C)=N\O)c(CC#N)c3)c2)CCOCC1. The van der Waals surface area contributed by atoms with Gasteiger partial charge in [-0.15, -0.1) is 11.3 Å². The highest BCUT2D eigenvalue weighted by Gasteiger charge is 2.35. The number of thiophene rings is 1. The Labute approximate surface area is 167 Å². The van der Waals surface area contributed by atoms with E-state index in [2.05, 4.69) is 22.7 Å². The lowest BCUT2D eigenvalue weighted by atomic mass is 9.88. The summed E-state index contributed by atoms with van der Waals surface area (Å²) in [7, 11) is 1.77. The molecule has 1 aromatic heterocycles. The van der Waals surface area contributed by atoms with Crippen molar-refractivity contribution in [3.8, 4) is 6.07 Å². The van der Waals surface area contributed by atoms with Gasteiger partial charge in [0.25, 0.3) is 0 Å². The molecule has 1 fully saturated rings. The molecule has 1 aliphatic heterocycles. The minimum Gasteiger partial charge on any atom is -0.411 e. The molecule has 142 valence electrons. The maximum Gasteiger partial charge on any atom is 0.0979 e. The van der Waals surface area contributed by atoms with E-state index in [9.17, 15) is 0 Å². The van der Waals surface area contributed by atoms with E-state index in [0.717, 1.165) is 42.1 Å². The Morgan fingerprint density at radius 1 is 1.41 bits per heavy atom. The van der Waals surface area contributed by atoms with Gasteiger partial charge in [0.15, 0.2) is 0 Å². The summed E-state index contributed by atoms with van der Waals surface area (Å²) in [6.07, 6.45) is 2.01. The standard InChI is InChI=1S/C20H22N2O3S2/c1-14(22-23)18-4-3-17(11-15(18)5-8-21)27-19-12-16(13-26-19)20(24-2)6-9-25-10-7-20/h3-4,11-13,23H,5-7,9-10H2,1-2H3/b22-14-. The number of ether oxygens (including phenoxy) is 2. The average Bonchev–Trinajstić information content (AvgIpc) is 3.17. The molecule has 0 atom stereocenters. The van der Waals surface area contributed by atoms with Crippen LogP contribution < -0.4 is 0 Å². The average molecular weight is 403 g/mol. The topological polar surface area (TPSA) is 74.8 Å². The van der Waals surface area contributed by atoms with Crippen LogP contribution in [0.4, 0.5) is 0 Å². The third-order valence-electron chi connectivity index (χ3n) is 4.90. The zero-order valence-corrected chi connectivity index (χ0v) is 17.0. The second-order valence-electron chi connectivity index (χ2n) is 6.41. The van der Waals surface area contributed by atoms with E-state index >= 15 is 0 Å². The zero-order valence-electron chi connectivity index (χ0n) is 15.4. The lowest BCUT2D eigenvalue weighted by Crippen LogP contribution is -2.35. The van der Waals surface area contributed by atoms with E-state index in [1.54, 1.807) is 37.1 Å². The number of nitriles is 1. The normalized spacial score (nSPS) is 16.9. The summed E-state index contributed by atoms with van der Waals surface area (Å²) in [6.45, 7) is 3.17. The Bertz CT molecular complexity index is 864. The van der Waals surface area contributed by atoms with Gasteiger partial charge in [-0.3, -0.25) is 0 Å². The molecule has 1 saturated heterocycles. The quantitative estimate of drug-likeness (QED) is 0.426. The van der Waals surface area contributed by atoms with Crippen molar-refractivity contribution in [1.29, 1.82) is 5.26 Å². The Balaban J connectivity index is 1.83. The summed E-state index contributed by atoms with van der Waals surface area (Å²) in [4.78, 5) is 1.06. The number of rotatable bonds is 6. The third-order valence-corrected chi connectivity index (χ3v) is 6.97. The van der Waals surface area contributed by atoms with Gasteiger partial charge in [0, 0.05) is 43.6 Å². The van der Waals surface area contributed by atoms with Crippen LogP contribution in [0.25, 0.3) is 0 Å². The molecule has 0 radical (unpaired) electrons. The van der Waals surface area contributed by atoms with E-state index in [1.165, 1.54) is 9.77 Å². The first kappa shape index (κ1) is 19.9. The highest BCUT2D eigenvalue weighted by Crippen LogP contribution is 2.41. The fraction of sp³-hybridized carbons (Fsp3) is 0.400. The molecule has 27 heavy (non-hydrogen) atoms. The predicted octanol–water partition coefficient (Wildman–Crippen LogP) is 4.82. The second-order valence-corrected chi connectivity index (χ2v) is 8.69. The van der Waals surface area contributed by atoms with Crippen molar-refractivity contribution >= 4 is 28.8 Å². The van der Waals surface area contributed by atoms with E-state index in [0.29, 0.717) is 5.71 Å². The van der Waals surface area contributed by atoms with Crippen LogP contribution in [0.1, 0.15) is 36.5 Å². The predicted molar refractivity (Wildman–Crippen MR) is 107 cm³/mol. The monoisotopic (exact) mass is 402 g/mol. The molecule has 0 aliphatic carbocycles. The van der Waals surface area contributed by atoms with Crippen molar-refractivity contribution in [3.63, 3.8) is 0 Å². The molecule has 1 N–H and O–H groups in total. The number of hydrogen-bond donors (Lipinski definition) is 1. The van der Waals surface area contributed by atoms with Crippen LogP contribution in [0.2, 0.25) is 0 Å². The van der Waals surface area contributed by atoms with Gasteiger partial charge < -0.3 is 14.7 Å². The minimum absolute atomic E-state index is 0.252. The molecule has 0 amide bonds. The van der Waals surface area contributed by atoms with Gasteiger partial charge in [-0.05, 0) is 41.6 Å². The van der Waals surface area contributed by atoms with Crippen molar-refractivity contribution in [2.24, 2.45) is 5.16 Å². The van der Waals surface area contributed by atoms with E-state index in [4.69, 9.17) is 19.9 Å². The van der Waals surface area contributed by atoms with Crippen molar-refractivity contribution in [2.75, 3.05) is 20.3 Å². The molecule has 0 bridgehead atoms. The lowest BCUT2D eigenvalue weighted by molar-refractivity contribution is -0.0946. The van der Waals surface area contributed by atoms with E-state index in [1.807, 2.05) is 18.2 Å². The number of oxime groups is 1. The van der Waals surface area contributed by atoms with Crippen LogP contribution in [0, 0.1) is 11.3 Å². The molecule has 2 heterocycles. The van der Waals surface area contributed by atoms with Gasteiger partial charge >= 0.3 is 0 Å². The summed E-state index contributed by atoms with van der Waals surface area (Å²) in [5.74, 6) is 0. The third kappa shape index (κ3) is 4.36. The number of nitrogens with zero attached hydrogens (tertiary/aromatic N) is 2. The summed E-state index contributed by atoms with van der Waals surface area (Å²) >= 11 is 3.37. The Hall–Kier alpha value is -1.85. The Morgan fingerprint density at radius 3 is 2.85 bits per heavy atom. The van der Waals surface area contributed by atoms with Gasteiger partial charge in [-0.2, -0.15) is 5.26 Å². The first-order valence-electron chi connectivity index (χ1n) is 8.70. The number of hydrogen-bond acceptors (Lipinski definition) is 7. The molecule has 0 saturated carbocycles. The molecule has 2 aromatic rings. The van der Waals surface area contributed by atoms with Gasteiger partial charge in [0.1, 0.15) is 0 Å². The maximum absolute atomic E-state index is 9.10. The van der Waals surface area contributed by atoms with Crippen molar-refractivity contribution in [1.82, 2.24) is 0 Å². The highest BCUT2D eigenvalue weighted by molar-refractivity contribution is 8.01. The summed E-state index contributed by atoms with van der Waals surface area (Å²) < 4.78 is 12.5. The molecular weight excluding hydrogens is 380 g/mol. The van der Waals surface area contributed by atoms with Crippen LogP contribution >= 0.6 is 23.1 Å². The van der Waals surface area contributed by atoms with E-state index in [-0.39, 0.29) is 12.0 Å². The molecule has 0 unspecified atom stereocenters. The first-order chi connectivity index (χ1) is 13.1. The van der Waals surface area contributed by atoms with Crippen LogP contribution in [0.5, 0.6) is 0 Å². The summed E-state index contributed by atoms with van der Waals surface area (Å²) in [5.41, 5.74) is 3.14. The molecule has 0 spiro atoms. The van der Waals surface area contributed by atoms with E-state index < -0.39 is 0 Å². The van der Waals surface area contributed by atoms with Crippen LogP contribution in [-0.2, 0) is 21.5 Å². The molecule has 3 rings (SSSR count). The second kappa shape index (κ2) is 8.89. The van der Waals surface area contributed by atoms with Crippen LogP contribution in [-0.4, -0.2) is 31.2 Å². The van der Waals surface area contributed by atoms with Gasteiger partial charge in [0.05, 0.1) is 28.0 Å².